The number of rotatable bonds is 2. The molecule has 2 aliphatic heterocycles. The largest absolute Gasteiger partial charge is 0.465 e. The van der Waals surface area contributed by atoms with Crippen LogP contribution in [0.25, 0.3) is 0 Å². The molecule has 0 amide bonds. The highest BCUT2D eigenvalue weighted by atomic mass is 16.5. The van der Waals surface area contributed by atoms with Crippen LogP contribution in [0, 0.1) is 0 Å². The summed E-state index contributed by atoms with van der Waals surface area (Å²) in [7, 11) is 0. The molecule has 0 saturated carbocycles. The Bertz CT molecular complexity index is 160. The van der Waals surface area contributed by atoms with Gasteiger partial charge in [-0.25, -0.2) is 0 Å². The third kappa shape index (κ3) is 4.07. The zero-order valence-electron chi connectivity index (χ0n) is 8.84. The number of esters is 1. The molecule has 0 spiro atoms. The van der Waals surface area contributed by atoms with Crippen molar-refractivity contribution >= 4 is 5.97 Å². The lowest BCUT2D eigenvalue weighted by atomic mass is 10.2. The van der Waals surface area contributed by atoms with Gasteiger partial charge in [0.1, 0.15) is 6.04 Å². The predicted octanol–water partition coefficient (Wildman–Crippen LogP) is 0.281. The monoisotopic (exact) mass is 200 g/mol. The first-order valence-corrected chi connectivity index (χ1v) is 5.45. The van der Waals surface area contributed by atoms with Gasteiger partial charge in [0, 0.05) is 0 Å². The van der Waals surface area contributed by atoms with Crippen molar-refractivity contribution in [1.29, 1.82) is 0 Å². The quantitative estimate of drug-likeness (QED) is 0.629. The lowest BCUT2D eigenvalue weighted by molar-refractivity contribution is -0.145. The Hall–Kier alpha value is -0.610. The maximum Gasteiger partial charge on any atom is 0.323 e. The molecule has 0 radical (unpaired) electrons. The van der Waals surface area contributed by atoms with Gasteiger partial charge in [-0.15, -0.1) is 0 Å². The van der Waals surface area contributed by atoms with Gasteiger partial charge in [0.05, 0.1) is 6.61 Å². The van der Waals surface area contributed by atoms with Gasteiger partial charge in [-0.1, -0.05) is 0 Å². The van der Waals surface area contributed by atoms with Gasteiger partial charge in [0.25, 0.3) is 0 Å². The fourth-order valence-corrected chi connectivity index (χ4v) is 1.31. The molecule has 0 bridgehead atoms. The van der Waals surface area contributed by atoms with E-state index in [9.17, 15) is 4.79 Å². The summed E-state index contributed by atoms with van der Waals surface area (Å²) in [4.78, 5) is 11.0. The van der Waals surface area contributed by atoms with E-state index < -0.39 is 0 Å². The number of hydrogen-bond acceptors (Lipinski definition) is 4. The number of hydrogen-bond donors (Lipinski definition) is 2. The first-order chi connectivity index (χ1) is 6.84. The molecule has 0 aromatic carbocycles. The van der Waals surface area contributed by atoms with Crippen LogP contribution >= 0.6 is 0 Å². The van der Waals surface area contributed by atoms with Gasteiger partial charge >= 0.3 is 5.97 Å². The SMILES string of the molecule is C1CNC1.CCOC(=O)C1CCCN1. The maximum absolute atomic E-state index is 11.0. The smallest absolute Gasteiger partial charge is 0.323 e. The van der Waals surface area contributed by atoms with E-state index in [0.717, 1.165) is 19.4 Å². The molecule has 82 valence electrons. The first kappa shape index (κ1) is 11.5. The lowest BCUT2D eigenvalue weighted by Gasteiger charge is -2.09. The molecule has 1 atom stereocenters. The minimum Gasteiger partial charge on any atom is -0.465 e. The lowest BCUT2D eigenvalue weighted by Crippen LogP contribution is -2.32. The number of carbonyl (C=O) groups is 1. The molecule has 4 heteroatoms. The van der Waals surface area contributed by atoms with Crippen molar-refractivity contribution < 1.29 is 9.53 Å². The summed E-state index contributed by atoms with van der Waals surface area (Å²) in [5.41, 5.74) is 0. The van der Waals surface area contributed by atoms with Crippen molar-refractivity contribution in [3.8, 4) is 0 Å². The minimum absolute atomic E-state index is 0.0278. The van der Waals surface area contributed by atoms with Crippen LogP contribution in [0.4, 0.5) is 0 Å². The Morgan fingerprint density at radius 3 is 2.36 bits per heavy atom. The molecule has 4 nitrogen and oxygen atoms in total. The van der Waals surface area contributed by atoms with E-state index in [1.807, 2.05) is 6.92 Å². The average Bonchev–Trinajstić information content (AvgIpc) is 2.52. The average molecular weight is 200 g/mol. The van der Waals surface area contributed by atoms with Gasteiger partial charge in [-0.2, -0.15) is 0 Å². The second kappa shape index (κ2) is 6.79. The van der Waals surface area contributed by atoms with Gasteiger partial charge in [-0.3, -0.25) is 4.79 Å². The Morgan fingerprint density at radius 2 is 2.00 bits per heavy atom. The standard InChI is InChI=1S/C7H13NO2.C3H7N/c1-2-10-7(9)6-4-3-5-8-6;1-2-4-3-1/h6,8H,2-5H2,1H3;4H,1-3H2. The summed E-state index contributed by atoms with van der Waals surface area (Å²) in [5.74, 6) is -0.0972. The van der Waals surface area contributed by atoms with E-state index in [-0.39, 0.29) is 12.0 Å². The van der Waals surface area contributed by atoms with Crippen LogP contribution in [0.15, 0.2) is 0 Å². The maximum atomic E-state index is 11.0. The summed E-state index contributed by atoms with van der Waals surface area (Å²) in [6, 6.07) is -0.0278. The van der Waals surface area contributed by atoms with Crippen molar-refractivity contribution in [2.24, 2.45) is 0 Å². The van der Waals surface area contributed by atoms with Crippen LogP contribution in [0.2, 0.25) is 0 Å². The van der Waals surface area contributed by atoms with Crippen molar-refractivity contribution in [3.63, 3.8) is 0 Å². The van der Waals surface area contributed by atoms with E-state index >= 15 is 0 Å². The molecule has 0 aliphatic carbocycles. The third-order valence-electron chi connectivity index (χ3n) is 2.34. The van der Waals surface area contributed by atoms with E-state index in [4.69, 9.17) is 4.74 Å². The number of carbonyl (C=O) groups excluding carboxylic acids is 1. The van der Waals surface area contributed by atoms with Crippen LogP contribution < -0.4 is 10.6 Å². The summed E-state index contributed by atoms with van der Waals surface area (Å²) in [6.07, 6.45) is 3.41. The minimum atomic E-state index is -0.0972. The van der Waals surface area contributed by atoms with Gasteiger partial charge in [-0.05, 0) is 45.8 Å². The summed E-state index contributed by atoms with van der Waals surface area (Å²) < 4.78 is 4.82. The molecule has 2 saturated heterocycles. The van der Waals surface area contributed by atoms with Crippen LogP contribution in [-0.4, -0.2) is 38.3 Å². The Morgan fingerprint density at radius 1 is 1.36 bits per heavy atom. The molecule has 2 rings (SSSR count). The highest BCUT2D eigenvalue weighted by Crippen LogP contribution is 2.05. The Balaban J connectivity index is 0.000000203. The van der Waals surface area contributed by atoms with E-state index in [0.29, 0.717) is 6.61 Å². The fraction of sp³-hybridized carbons (Fsp3) is 0.900. The third-order valence-corrected chi connectivity index (χ3v) is 2.34. The molecular formula is C10H20N2O2. The summed E-state index contributed by atoms with van der Waals surface area (Å²) in [5, 5.41) is 6.18. The second-order valence-electron chi connectivity index (χ2n) is 3.50. The predicted molar refractivity (Wildman–Crippen MR) is 55.1 cm³/mol. The van der Waals surface area contributed by atoms with Gasteiger partial charge in [0.15, 0.2) is 0 Å². The van der Waals surface area contributed by atoms with Gasteiger partial charge < -0.3 is 15.4 Å². The Labute approximate surface area is 85.4 Å². The van der Waals surface area contributed by atoms with Crippen LogP contribution in [0.1, 0.15) is 26.2 Å². The molecule has 2 heterocycles. The molecular weight excluding hydrogens is 180 g/mol. The highest BCUT2D eigenvalue weighted by Gasteiger charge is 2.22. The molecule has 2 N–H and O–H groups in total. The topological polar surface area (TPSA) is 50.4 Å². The van der Waals surface area contributed by atoms with Crippen LogP contribution in [0.5, 0.6) is 0 Å². The van der Waals surface area contributed by atoms with Crippen molar-refractivity contribution in [1.82, 2.24) is 10.6 Å². The van der Waals surface area contributed by atoms with E-state index in [1.165, 1.54) is 19.5 Å². The summed E-state index contributed by atoms with van der Waals surface area (Å²) >= 11 is 0. The van der Waals surface area contributed by atoms with E-state index in [1.54, 1.807) is 0 Å². The Kier molecular flexibility index (Phi) is 5.56. The van der Waals surface area contributed by atoms with Gasteiger partial charge in [0.2, 0.25) is 0 Å². The van der Waals surface area contributed by atoms with Crippen molar-refractivity contribution in [2.75, 3.05) is 26.2 Å². The zero-order valence-corrected chi connectivity index (χ0v) is 8.84. The normalized spacial score (nSPS) is 24.5. The first-order valence-electron chi connectivity index (χ1n) is 5.45. The number of nitrogens with one attached hydrogen (secondary N) is 2. The number of ether oxygens (including phenoxy) is 1. The zero-order chi connectivity index (χ0) is 10.2. The molecule has 14 heavy (non-hydrogen) atoms. The van der Waals surface area contributed by atoms with Crippen molar-refractivity contribution in [3.05, 3.63) is 0 Å². The van der Waals surface area contributed by atoms with Crippen molar-refractivity contribution in [2.45, 2.75) is 32.2 Å². The second-order valence-corrected chi connectivity index (χ2v) is 3.50. The summed E-state index contributed by atoms with van der Waals surface area (Å²) in [6.45, 7) is 5.76. The molecule has 0 aromatic heterocycles. The fourth-order valence-electron chi connectivity index (χ4n) is 1.31. The van der Waals surface area contributed by atoms with Crippen LogP contribution in [-0.2, 0) is 9.53 Å². The van der Waals surface area contributed by atoms with E-state index in [2.05, 4.69) is 10.6 Å². The molecule has 1 unspecified atom stereocenters. The molecule has 0 aromatic rings. The van der Waals surface area contributed by atoms with Crippen LogP contribution in [0.3, 0.4) is 0 Å². The highest BCUT2D eigenvalue weighted by molar-refractivity contribution is 5.76. The molecule has 2 fully saturated rings. The molecule has 2 aliphatic rings.